The molecule has 1 atom stereocenters. The zero-order valence-electron chi connectivity index (χ0n) is 6.34. The van der Waals surface area contributed by atoms with E-state index in [1.54, 1.807) is 11.8 Å². The highest BCUT2D eigenvalue weighted by Crippen LogP contribution is 2.08. The summed E-state index contributed by atoms with van der Waals surface area (Å²) in [6.45, 7) is 2.12. The molecule has 9 heavy (non-hydrogen) atoms. The normalized spacial score (nSPS) is 12.9. The Balaban J connectivity index is 3.73. The third kappa shape index (κ3) is 3.06. The van der Waals surface area contributed by atoms with E-state index in [-0.39, 0.29) is 0 Å². The first-order valence-electron chi connectivity index (χ1n) is 2.83. The summed E-state index contributed by atoms with van der Waals surface area (Å²) in [5.74, 6) is 0. The molecule has 0 aliphatic heterocycles. The SMILES string of the molecule is CS[C@@H](C)C(=S)N(C)C. The fourth-order valence-electron chi connectivity index (χ4n) is 0.464. The van der Waals surface area contributed by atoms with Gasteiger partial charge in [0.05, 0.1) is 10.2 Å². The molecule has 0 aromatic heterocycles. The molecule has 0 saturated carbocycles. The van der Waals surface area contributed by atoms with Gasteiger partial charge in [-0.2, -0.15) is 11.8 Å². The van der Waals surface area contributed by atoms with Gasteiger partial charge in [-0.3, -0.25) is 0 Å². The molecule has 0 fully saturated rings. The van der Waals surface area contributed by atoms with Crippen molar-refractivity contribution in [3.63, 3.8) is 0 Å². The fraction of sp³-hybridized carbons (Fsp3) is 0.833. The van der Waals surface area contributed by atoms with E-state index >= 15 is 0 Å². The van der Waals surface area contributed by atoms with Gasteiger partial charge in [0.15, 0.2) is 0 Å². The highest BCUT2D eigenvalue weighted by Gasteiger charge is 2.06. The van der Waals surface area contributed by atoms with Crippen molar-refractivity contribution in [1.82, 2.24) is 4.90 Å². The highest BCUT2D eigenvalue weighted by molar-refractivity contribution is 8.01. The predicted molar refractivity (Wildman–Crippen MR) is 49.3 cm³/mol. The number of thiocarbonyl (C=S) groups is 1. The second-order valence-electron chi connectivity index (χ2n) is 2.11. The van der Waals surface area contributed by atoms with E-state index in [0.29, 0.717) is 5.25 Å². The molecule has 0 heterocycles. The minimum absolute atomic E-state index is 0.468. The van der Waals surface area contributed by atoms with Gasteiger partial charge in [-0.15, -0.1) is 0 Å². The second-order valence-corrected chi connectivity index (χ2v) is 3.71. The van der Waals surface area contributed by atoms with Crippen molar-refractivity contribution in [3.05, 3.63) is 0 Å². The molecular formula is C6H13NS2. The van der Waals surface area contributed by atoms with Gasteiger partial charge in [-0.05, 0) is 13.2 Å². The maximum atomic E-state index is 5.10. The highest BCUT2D eigenvalue weighted by atomic mass is 32.2. The van der Waals surface area contributed by atoms with Crippen molar-refractivity contribution in [2.45, 2.75) is 12.2 Å². The summed E-state index contributed by atoms with van der Waals surface area (Å²) < 4.78 is 0. The monoisotopic (exact) mass is 163 g/mol. The third-order valence-electron chi connectivity index (χ3n) is 1.14. The maximum absolute atomic E-state index is 5.10. The topological polar surface area (TPSA) is 3.24 Å². The number of thioether (sulfide) groups is 1. The van der Waals surface area contributed by atoms with Crippen LogP contribution in [0, 0.1) is 0 Å². The molecule has 1 nitrogen and oxygen atoms in total. The molecule has 0 spiro atoms. The van der Waals surface area contributed by atoms with Crippen LogP contribution in [-0.4, -0.2) is 35.5 Å². The van der Waals surface area contributed by atoms with Crippen LogP contribution in [0.25, 0.3) is 0 Å². The first-order valence-corrected chi connectivity index (χ1v) is 4.53. The van der Waals surface area contributed by atoms with E-state index in [0.717, 1.165) is 4.99 Å². The summed E-state index contributed by atoms with van der Waals surface area (Å²) in [5, 5.41) is 0.468. The van der Waals surface area contributed by atoms with Crippen molar-refractivity contribution >= 4 is 29.0 Å². The Morgan fingerprint density at radius 3 is 2.11 bits per heavy atom. The van der Waals surface area contributed by atoms with Crippen molar-refractivity contribution < 1.29 is 0 Å². The lowest BCUT2D eigenvalue weighted by molar-refractivity contribution is 0.624. The largest absolute Gasteiger partial charge is 0.371 e. The maximum Gasteiger partial charge on any atom is 0.0903 e. The molecule has 0 N–H and O–H groups in total. The van der Waals surface area contributed by atoms with Crippen molar-refractivity contribution in [2.24, 2.45) is 0 Å². The van der Waals surface area contributed by atoms with E-state index in [1.807, 2.05) is 19.0 Å². The summed E-state index contributed by atoms with van der Waals surface area (Å²) in [7, 11) is 3.96. The van der Waals surface area contributed by atoms with Crippen LogP contribution < -0.4 is 0 Å². The Morgan fingerprint density at radius 2 is 2.00 bits per heavy atom. The minimum atomic E-state index is 0.468. The predicted octanol–water partition coefficient (Wildman–Crippen LogP) is 1.63. The molecule has 0 bridgehead atoms. The molecule has 0 amide bonds. The van der Waals surface area contributed by atoms with E-state index in [9.17, 15) is 0 Å². The summed E-state index contributed by atoms with van der Waals surface area (Å²) in [6, 6.07) is 0. The van der Waals surface area contributed by atoms with Crippen molar-refractivity contribution in [2.75, 3.05) is 20.4 Å². The molecule has 3 heteroatoms. The Labute approximate surface area is 66.8 Å². The molecule has 0 unspecified atom stereocenters. The smallest absolute Gasteiger partial charge is 0.0903 e. The fourth-order valence-corrected chi connectivity index (χ4v) is 1.17. The molecule has 0 aromatic carbocycles. The third-order valence-corrected chi connectivity index (χ3v) is 2.94. The van der Waals surface area contributed by atoms with E-state index < -0.39 is 0 Å². The average molecular weight is 163 g/mol. The second kappa shape index (κ2) is 4.12. The molecule has 0 aliphatic carbocycles. The van der Waals surface area contributed by atoms with Gasteiger partial charge in [0, 0.05) is 14.1 Å². The van der Waals surface area contributed by atoms with Gasteiger partial charge in [-0.25, -0.2) is 0 Å². The van der Waals surface area contributed by atoms with Crippen molar-refractivity contribution in [3.8, 4) is 0 Å². The van der Waals surface area contributed by atoms with Gasteiger partial charge in [0.1, 0.15) is 0 Å². The van der Waals surface area contributed by atoms with Gasteiger partial charge >= 0.3 is 0 Å². The van der Waals surface area contributed by atoms with Gasteiger partial charge in [-0.1, -0.05) is 12.2 Å². The summed E-state index contributed by atoms with van der Waals surface area (Å²) in [5.41, 5.74) is 0. The molecule has 0 aromatic rings. The van der Waals surface area contributed by atoms with Crippen LogP contribution in [0.15, 0.2) is 0 Å². The molecule has 0 radical (unpaired) electrons. The summed E-state index contributed by atoms with van der Waals surface area (Å²) in [4.78, 5) is 3.00. The number of hydrogen-bond acceptors (Lipinski definition) is 2. The lowest BCUT2D eigenvalue weighted by Gasteiger charge is -2.17. The lowest BCUT2D eigenvalue weighted by atomic mass is 10.4. The van der Waals surface area contributed by atoms with Crippen LogP contribution in [0.3, 0.4) is 0 Å². The van der Waals surface area contributed by atoms with E-state index in [1.165, 1.54) is 0 Å². The molecule has 0 rings (SSSR count). The Kier molecular flexibility index (Phi) is 4.23. The minimum Gasteiger partial charge on any atom is -0.371 e. The van der Waals surface area contributed by atoms with Crippen LogP contribution >= 0.6 is 24.0 Å². The summed E-state index contributed by atoms with van der Waals surface area (Å²) in [6.07, 6.45) is 2.07. The standard InChI is InChI=1S/C6H13NS2/c1-5(9-4)6(8)7(2)3/h5H,1-4H3/t5-/m0/s1. The van der Waals surface area contributed by atoms with Gasteiger partial charge < -0.3 is 4.90 Å². The zero-order chi connectivity index (χ0) is 7.44. The van der Waals surface area contributed by atoms with Crippen molar-refractivity contribution in [1.29, 1.82) is 0 Å². The Hall–Kier alpha value is 0.240. The van der Waals surface area contributed by atoms with Crippen LogP contribution in [0.1, 0.15) is 6.92 Å². The number of rotatable bonds is 2. The van der Waals surface area contributed by atoms with Crippen LogP contribution in [0.2, 0.25) is 0 Å². The first kappa shape index (κ1) is 9.24. The van der Waals surface area contributed by atoms with E-state index in [2.05, 4.69) is 13.2 Å². The number of nitrogens with zero attached hydrogens (tertiary/aromatic N) is 1. The van der Waals surface area contributed by atoms with Crippen LogP contribution in [0.5, 0.6) is 0 Å². The Morgan fingerprint density at radius 1 is 1.56 bits per heavy atom. The quantitative estimate of drug-likeness (QED) is 0.570. The van der Waals surface area contributed by atoms with Gasteiger partial charge in [0.2, 0.25) is 0 Å². The molecule has 0 saturated heterocycles. The lowest BCUT2D eigenvalue weighted by Crippen LogP contribution is -2.27. The molecule has 54 valence electrons. The Bertz CT molecular complexity index is 101. The van der Waals surface area contributed by atoms with Gasteiger partial charge in [0.25, 0.3) is 0 Å². The van der Waals surface area contributed by atoms with E-state index in [4.69, 9.17) is 12.2 Å². The van der Waals surface area contributed by atoms with Crippen LogP contribution in [-0.2, 0) is 0 Å². The molecule has 0 aliphatic rings. The zero-order valence-corrected chi connectivity index (χ0v) is 7.97. The average Bonchev–Trinajstić information content (AvgIpc) is 1.84. The first-order chi connectivity index (χ1) is 4.09. The summed E-state index contributed by atoms with van der Waals surface area (Å²) >= 11 is 6.88. The van der Waals surface area contributed by atoms with Crippen LogP contribution in [0.4, 0.5) is 0 Å². The molecular weight excluding hydrogens is 150 g/mol. The number of hydrogen-bond donors (Lipinski definition) is 0.